The molecule has 0 N–H and O–H groups in total. The zero-order valence-electron chi connectivity index (χ0n) is 38.1. The van der Waals surface area contributed by atoms with Gasteiger partial charge in [0.15, 0.2) is 25.2 Å². The first-order valence-electron chi connectivity index (χ1n) is 23.1. The summed E-state index contributed by atoms with van der Waals surface area (Å²) in [6.07, 6.45) is 16.9. The Labute approximate surface area is 372 Å². The number of aromatic nitrogens is 1. The summed E-state index contributed by atoms with van der Waals surface area (Å²) in [6.45, 7) is 18.8. The van der Waals surface area contributed by atoms with E-state index in [2.05, 4.69) is 42.6 Å². The van der Waals surface area contributed by atoms with Gasteiger partial charge in [0, 0.05) is 29.7 Å². The van der Waals surface area contributed by atoms with Crippen LogP contribution in [0.15, 0.2) is 37.2 Å². The van der Waals surface area contributed by atoms with Gasteiger partial charge in [0.05, 0.1) is 152 Å². The lowest BCUT2D eigenvalue weighted by atomic mass is 10.0. The summed E-state index contributed by atoms with van der Waals surface area (Å²) in [7, 11) is 0. The number of esters is 1. The first-order valence-corrected chi connectivity index (χ1v) is 23.1. The Morgan fingerprint density at radius 1 is 0.532 bits per heavy atom. The SMILES string of the molecule is C=CC(=O)OCCOCCOCCOCCOCCOCCOCCOCCOCCOCCOCCOCC[n+]1ccc(C2OCC(CCCCCCCCCC)CO2)cc1. The van der Waals surface area contributed by atoms with Gasteiger partial charge in [0.2, 0.25) is 0 Å². The molecule has 0 atom stereocenters. The van der Waals surface area contributed by atoms with Crippen LogP contribution in [0, 0.1) is 5.92 Å². The molecule has 0 saturated carbocycles. The second-order valence-electron chi connectivity index (χ2n) is 14.6. The quantitative estimate of drug-likeness (QED) is 0.0371. The molecule has 1 aromatic heterocycles. The summed E-state index contributed by atoms with van der Waals surface area (Å²) < 4.78 is 79.6. The molecule has 0 bridgehead atoms. The maximum absolute atomic E-state index is 10.9. The van der Waals surface area contributed by atoms with Crippen LogP contribution in [-0.4, -0.2) is 171 Å². The summed E-state index contributed by atoms with van der Waals surface area (Å²) in [5, 5.41) is 0. The number of carbonyl (C=O) groups is 1. The molecule has 16 nitrogen and oxygen atoms in total. The Balaban J connectivity index is 1.21. The van der Waals surface area contributed by atoms with Gasteiger partial charge >= 0.3 is 5.97 Å². The van der Waals surface area contributed by atoms with E-state index in [0.717, 1.165) is 31.4 Å². The standard InChI is InChI=1S/C46H82NO15/c1-3-5-6-7-8-9-10-11-12-43-41-61-46(62-42-43)44-13-15-47(16-14-44)17-18-49-19-20-50-21-22-51-23-24-52-25-26-53-27-28-54-29-30-55-31-32-56-33-34-57-35-36-58-37-38-59-39-40-60-45(48)4-2/h4,13-16,43,46H,2-3,5-12,17-42H2,1H3/q+1. The molecule has 62 heavy (non-hydrogen) atoms. The fourth-order valence-electron chi connectivity index (χ4n) is 5.98. The van der Waals surface area contributed by atoms with Crippen LogP contribution in [0.2, 0.25) is 0 Å². The number of carbonyl (C=O) groups excluding carboxylic acids is 1. The van der Waals surface area contributed by atoms with Gasteiger partial charge in [-0.25, -0.2) is 9.36 Å². The highest BCUT2D eigenvalue weighted by atomic mass is 16.7. The van der Waals surface area contributed by atoms with Crippen LogP contribution in [0.4, 0.5) is 0 Å². The molecule has 0 radical (unpaired) electrons. The third-order valence-electron chi connectivity index (χ3n) is 9.47. The van der Waals surface area contributed by atoms with Crippen LogP contribution < -0.4 is 4.57 Å². The minimum absolute atomic E-state index is 0.196. The summed E-state index contributed by atoms with van der Waals surface area (Å²) in [5.41, 5.74) is 1.06. The van der Waals surface area contributed by atoms with Crippen LogP contribution in [-0.2, 0) is 77.7 Å². The zero-order chi connectivity index (χ0) is 44.1. The third-order valence-corrected chi connectivity index (χ3v) is 9.47. The Kier molecular flexibility index (Phi) is 39.8. The number of pyridine rings is 1. The van der Waals surface area contributed by atoms with E-state index in [1.165, 1.54) is 57.8 Å². The Morgan fingerprint density at radius 3 is 1.24 bits per heavy atom. The molecule has 1 aromatic rings. The van der Waals surface area contributed by atoms with Crippen molar-refractivity contribution in [2.24, 2.45) is 5.92 Å². The smallest absolute Gasteiger partial charge is 0.330 e. The van der Waals surface area contributed by atoms with E-state index < -0.39 is 5.97 Å². The fourth-order valence-corrected chi connectivity index (χ4v) is 5.98. The van der Waals surface area contributed by atoms with Crippen LogP contribution >= 0.6 is 0 Å². The number of unbranched alkanes of at least 4 members (excludes halogenated alkanes) is 7. The summed E-state index contributed by atoms with van der Waals surface area (Å²) in [6, 6.07) is 4.14. The number of hydrogen-bond acceptors (Lipinski definition) is 15. The lowest BCUT2D eigenvalue weighted by Gasteiger charge is -2.29. The first-order chi connectivity index (χ1) is 30.7. The molecular weight excluding hydrogens is 806 g/mol. The molecular formula is C46H82NO15+. The van der Waals surface area contributed by atoms with E-state index in [0.29, 0.717) is 151 Å². The highest BCUT2D eigenvalue weighted by Gasteiger charge is 2.24. The number of hydrogen-bond donors (Lipinski definition) is 0. The fraction of sp³-hybridized carbons (Fsp3) is 0.826. The lowest BCUT2D eigenvalue weighted by Crippen LogP contribution is -2.36. The molecule has 1 fully saturated rings. The minimum atomic E-state index is -0.460. The number of rotatable bonds is 47. The second kappa shape index (κ2) is 44.1. The second-order valence-corrected chi connectivity index (χ2v) is 14.6. The third kappa shape index (κ3) is 35.2. The Bertz CT molecular complexity index is 1110. The van der Waals surface area contributed by atoms with Gasteiger partial charge in [-0.3, -0.25) is 0 Å². The van der Waals surface area contributed by atoms with Gasteiger partial charge in [-0.05, 0) is 6.42 Å². The molecule has 2 heterocycles. The highest BCUT2D eigenvalue weighted by Crippen LogP contribution is 2.27. The van der Waals surface area contributed by atoms with Gasteiger partial charge in [-0.15, -0.1) is 0 Å². The van der Waals surface area contributed by atoms with E-state index in [-0.39, 0.29) is 12.9 Å². The maximum Gasteiger partial charge on any atom is 0.330 e. The van der Waals surface area contributed by atoms with Crippen molar-refractivity contribution in [3.8, 4) is 0 Å². The average Bonchev–Trinajstić information content (AvgIpc) is 3.30. The number of nitrogens with zero attached hydrogens (tertiary/aromatic N) is 1. The van der Waals surface area contributed by atoms with Crippen molar-refractivity contribution < 1.29 is 75.7 Å². The van der Waals surface area contributed by atoms with Crippen LogP contribution in [0.25, 0.3) is 0 Å². The van der Waals surface area contributed by atoms with Crippen molar-refractivity contribution in [2.45, 2.75) is 77.5 Å². The monoisotopic (exact) mass is 889 g/mol. The van der Waals surface area contributed by atoms with E-state index >= 15 is 0 Å². The molecule has 0 aliphatic carbocycles. The normalized spacial score (nSPS) is 15.3. The summed E-state index contributed by atoms with van der Waals surface area (Å²) >= 11 is 0. The molecule has 1 saturated heterocycles. The molecule has 0 aromatic carbocycles. The Morgan fingerprint density at radius 2 is 0.871 bits per heavy atom. The van der Waals surface area contributed by atoms with Gasteiger partial charge in [0.25, 0.3) is 0 Å². The van der Waals surface area contributed by atoms with Crippen molar-refractivity contribution in [3.05, 3.63) is 42.7 Å². The predicted octanol–water partition coefficient (Wildman–Crippen LogP) is 5.08. The van der Waals surface area contributed by atoms with E-state index in [1.54, 1.807) is 0 Å². The van der Waals surface area contributed by atoms with Crippen molar-refractivity contribution in [3.63, 3.8) is 0 Å². The van der Waals surface area contributed by atoms with Crippen LogP contribution in [0.1, 0.15) is 76.6 Å². The zero-order valence-corrected chi connectivity index (χ0v) is 38.1. The number of ether oxygens (including phenoxy) is 14. The van der Waals surface area contributed by atoms with Crippen molar-refractivity contribution >= 4 is 5.97 Å². The summed E-state index contributed by atoms with van der Waals surface area (Å²) in [4.78, 5) is 10.9. The van der Waals surface area contributed by atoms with Crippen molar-refractivity contribution in [2.75, 3.05) is 165 Å². The molecule has 0 unspecified atom stereocenters. The van der Waals surface area contributed by atoms with Crippen molar-refractivity contribution in [1.82, 2.24) is 0 Å². The van der Waals surface area contributed by atoms with E-state index in [9.17, 15) is 4.79 Å². The topological polar surface area (TPSA) is 150 Å². The molecule has 0 amide bonds. The predicted molar refractivity (Wildman–Crippen MR) is 232 cm³/mol. The van der Waals surface area contributed by atoms with Crippen molar-refractivity contribution in [1.29, 1.82) is 0 Å². The first kappa shape index (κ1) is 56.0. The van der Waals surface area contributed by atoms with Gasteiger partial charge in [0.1, 0.15) is 13.2 Å². The molecule has 360 valence electrons. The maximum atomic E-state index is 10.9. The van der Waals surface area contributed by atoms with E-state index in [1.807, 2.05) is 0 Å². The van der Waals surface area contributed by atoms with Crippen LogP contribution in [0.5, 0.6) is 0 Å². The average molecular weight is 889 g/mol. The molecule has 0 spiro atoms. The molecule has 16 heteroatoms. The molecule has 1 aliphatic rings. The minimum Gasteiger partial charge on any atom is -0.460 e. The summed E-state index contributed by atoms with van der Waals surface area (Å²) in [5.74, 6) is 0.0489. The molecule has 1 aliphatic heterocycles. The van der Waals surface area contributed by atoms with Gasteiger partial charge < -0.3 is 66.3 Å². The van der Waals surface area contributed by atoms with Gasteiger partial charge in [-0.1, -0.05) is 64.9 Å². The largest absolute Gasteiger partial charge is 0.460 e. The van der Waals surface area contributed by atoms with E-state index in [4.69, 9.17) is 66.3 Å². The van der Waals surface area contributed by atoms with Gasteiger partial charge in [-0.2, -0.15) is 0 Å². The highest BCUT2D eigenvalue weighted by molar-refractivity contribution is 5.81. The lowest BCUT2D eigenvalue weighted by molar-refractivity contribution is -0.698. The Hall–Kier alpha value is -2.16. The molecule has 2 rings (SSSR count). The van der Waals surface area contributed by atoms with Crippen LogP contribution in [0.3, 0.4) is 0 Å².